The van der Waals surface area contributed by atoms with E-state index in [0.717, 1.165) is 35.8 Å². The largest absolute Gasteiger partial charge is 0.391 e. The van der Waals surface area contributed by atoms with E-state index in [9.17, 15) is 5.11 Å². The van der Waals surface area contributed by atoms with Crippen molar-refractivity contribution < 1.29 is 24.1 Å². The summed E-state index contributed by atoms with van der Waals surface area (Å²) in [6.45, 7) is 8.29. The van der Waals surface area contributed by atoms with E-state index in [4.69, 9.17) is 35.6 Å². The van der Waals surface area contributed by atoms with E-state index < -0.39 is 22.4 Å². The van der Waals surface area contributed by atoms with Gasteiger partial charge in [-0.2, -0.15) is 5.10 Å². The summed E-state index contributed by atoms with van der Waals surface area (Å²) in [6, 6.07) is 8.38. The van der Waals surface area contributed by atoms with Gasteiger partial charge in [0, 0.05) is 21.5 Å². The summed E-state index contributed by atoms with van der Waals surface area (Å²) in [5, 5.41) is 17.2. The molecule has 2 aliphatic heterocycles. The molecule has 5 fully saturated rings. The molecule has 9 atom stereocenters. The van der Waals surface area contributed by atoms with Gasteiger partial charge in [0.2, 0.25) is 5.79 Å². The topological polar surface area (TPSA) is 75.0 Å². The molecular weight excluding hydrogens is 608 g/mol. The summed E-state index contributed by atoms with van der Waals surface area (Å²) in [5.41, 5.74) is 3.32. The molecule has 8 rings (SSSR count). The normalized spacial score (nSPS) is 46.3. The lowest BCUT2D eigenvalue weighted by molar-refractivity contribution is -0.264. The maximum atomic E-state index is 12.3. The smallest absolute Gasteiger partial charge is 0.227 e. The summed E-state index contributed by atoms with van der Waals surface area (Å²) in [5.74, 6) is -0.368. The molecule has 220 valence electrons. The molecule has 0 amide bonds. The summed E-state index contributed by atoms with van der Waals surface area (Å²) < 4.78 is 27.9. The maximum absolute atomic E-state index is 12.3. The molecule has 3 saturated carbocycles. The van der Waals surface area contributed by atoms with Crippen LogP contribution in [0.15, 0.2) is 40.5 Å². The Labute approximate surface area is 254 Å². The number of hydrogen-bond donors (Lipinski definition) is 1. The minimum atomic E-state index is -0.936. The molecule has 4 aliphatic carbocycles. The van der Waals surface area contributed by atoms with E-state index in [1.165, 1.54) is 16.7 Å². The Morgan fingerprint density at radius 3 is 2.66 bits per heavy atom. The van der Waals surface area contributed by atoms with E-state index in [-0.39, 0.29) is 42.2 Å². The van der Waals surface area contributed by atoms with E-state index in [1.54, 1.807) is 0 Å². The minimum absolute atomic E-state index is 0.129. The zero-order chi connectivity index (χ0) is 28.4. The van der Waals surface area contributed by atoms with E-state index >= 15 is 0 Å². The first-order chi connectivity index (χ1) is 19.6. The van der Waals surface area contributed by atoms with Gasteiger partial charge in [-0.05, 0) is 79.2 Å². The van der Waals surface area contributed by atoms with Gasteiger partial charge in [-0.15, -0.1) is 11.6 Å². The van der Waals surface area contributed by atoms with Crippen LogP contribution in [0.2, 0.25) is 0 Å². The van der Waals surface area contributed by atoms with Gasteiger partial charge in [-0.3, -0.25) is 4.68 Å². The third-order valence-electron chi connectivity index (χ3n) is 12.2. The Kier molecular flexibility index (Phi) is 5.93. The summed E-state index contributed by atoms with van der Waals surface area (Å²) in [7, 11) is 0. The number of hydrogen-bond acceptors (Lipinski definition) is 6. The molecule has 1 N–H and O–H groups in total. The average Bonchev–Trinajstić information content (AvgIpc) is 3.70. The second-order valence-electron chi connectivity index (χ2n) is 13.8. The number of benzene rings is 1. The van der Waals surface area contributed by atoms with Gasteiger partial charge in [-0.25, -0.2) is 0 Å². The van der Waals surface area contributed by atoms with Crippen molar-refractivity contribution in [2.45, 2.75) is 81.8 Å². The molecule has 2 spiro atoms. The fourth-order valence-electron chi connectivity index (χ4n) is 10.5. The highest BCUT2D eigenvalue weighted by atomic mass is 79.9. The molecule has 41 heavy (non-hydrogen) atoms. The van der Waals surface area contributed by atoms with Crippen LogP contribution in [0.4, 0.5) is 0 Å². The first-order valence-corrected chi connectivity index (χ1v) is 16.1. The van der Waals surface area contributed by atoms with Gasteiger partial charge in [0.15, 0.2) is 13.6 Å². The number of aromatic nitrogens is 2. The van der Waals surface area contributed by atoms with E-state index in [0.29, 0.717) is 19.6 Å². The van der Waals surface area contributed by atoms with Crippen LogP contribution >= 0.6 is 27.5 Å². The van der Waals surface area contributed by atoms with E-state index in [2.05, 4.69) is 73.2 Å². The third kappa shape index (κ3) is 3.31. The lowest BCUT2D eigenvalue weighted by Crippen LogP contribution is -2.71. The fraction of sp³-hybridized carbons (Fsp3) is 0.656. The molecule has 6 aliphatic rings. The van der Waals surface area contributed by atoms with Gasteiger partial charge >= 0.3 is 0 Å². The molecule has 0 radical (unpaired) electrons. The van der Waals surface area contributed by atoms with Gasteiger partial charge in [0.1, 0.15) is 12.2 Å². The van der Waals surface area contributed by atoms with Crippen LogP contribution in [0.1, 0.15) is 63.3 Å². The number of ether oxygens (including phenoxy) is 4. The highest BCUT2D eigenvalue weighted by Gasteiger charge is 2.81. The second kappa shape index (κ2) is 8.90. The summed E-state index contributed by atoms with van der Waals surface area (Å²) >= 11 is 11.5. The Hall–Kier alpha value is -1.26. The average molecular weight is 646 g/mol. The van der Waals surface area contributed by atoms with E-state index in [1.807, 2.05) is 4.68 Å². The predicted molar refractivity (Wildman–Crippen MR) is 157 cm³/mol. The second-order valence-corrected chi connectivity index (χ2v) is 15.4. The Bertz CT molecular complexity index is 1420. The molecular formula is C32H38BrClN2O5. The van der Waals surface area contributed by atoms with Crippen LogP contribution in [-0.4, -0.2) is 57.4 Å². The number of aliphatic hydroxyl groups is 1. The molecule has 0 bridgehead atoms. The number of allylic oxidation sites excluding steroid dienone is 1. The standard InChI is InChI=1S/C32H38BrClN2O5/c1-19-10-25-24-9-6-22-11-26-21(15-36(35-26)14-20-4-7-23(33)8-5-20)12-28(22,2)31(24,34)27(37)13-29(25,3)32(19)30(40-18-41-32)16-38-17-39-30/h4-5,7-8,11,15,19,24-25,27,37H,6,9-10,12-14,16-18H2,1-3H3/t19-,24-,25-,27-,28-,29-,30?,31-,32+/m0/s1. The molecule has 1 aromatic carbocycles. The van der Waals surface area contributed by atoms with Gasteiger partial charge in [0.05, 0.1) is 23.2 Å². The number of aliphatic hydroxyl groups excluding tert-OH is 1. The molecule has 1 aromatic heterocycles. The van der Waals surface area contributed by atoms with Crippen LogP contribution in [0.25, 0.3) is 6.08 Å². The van der Waals surface area contributed by atoms with Crippen molar-refractivity contribution in [2.24, 2.45) is 28.6 Å². The first kappa shape index (κ1) is 27.3. The highest BCUT2D eigenvalue weighted by Crippen LogP contribution is 2.75. The first-order valence-electron chi connectivity index (χ1n) is 14.9. The predicted octanol–water partition coefficient (Wildman–Crippen LogP) is 5.90. The third-order valence-corrected chi connectivity index (χ3v) is 13.6. The lowest BCUT2D eigenvalue weighted by Gasteiger charge is -2.65. The van der Waals surface area contributed by atoms with Crippen molar-refractivity contribution in [2.75, 3.05) is 20.2 Å². The van der Waals surface area contributed by atoms with Crippen LogP contribution in [0, 0.1) is 28.6 Å². The molecule has 1 unspecified atom stereocenters. The highest BCUT2D eigenvalue weighted by molar-refractivity contribution is 9.10. The quantitative estimate of drug-likeness (QED) is 0.410. The zero-order valence-corrected chi connectivity index (χ0v) is 26.2. The van der Waals surface area contributed by atoms with Crippen LogP contribution < -0.4 is 0 Å². The fourth-order valence-corrected chi connectivity index (χ4v) is 11.3. The molecule has 2 saturated heterocycles. The van der Waals surface area contributed by atoms with Crippen molar-refractivity contribution in [3.63, 3.8) is 0 Å². The maximum Gasteiger partial charge on any atom is 0.227 e. The Balaban J connectivity index is 1.15. The molecule has 7 nitrogen and oxygen atoms in total. The number of fused-ring (bicyclic) bond motifs is 8. The number of nitrogens with zero attached hydrogens (tertiary/aromatic N) is 2. The van der Waals surface area contributed by atoms with Crippen LogP contribution in [0.3, 0.4) is 0 Å². The van der Waals surface area contributed by atoms with Crippen molar-refractivity contribution in [1.82, 2.24) is 9.78 Å². The zero-order valence-electron chi connectivity index (χ0n) is 23.9. The van der Waals surface area contributed by atoms with Crippen LogP contribution in [-0.2, 0) is 31.9 Å². The van der Waals surface area contributed by atoms with Crippen molar-refractivity contribution in [3.05, 3.63) is 57.3 Å². The molecule has 2 aromatic rings. The Morgan fingerprint density at radius 1 is 1.12 bits per heavy atom. The van der Waals surface area contributed by atoms with Crippen LogP contribution in [0.5, 0.6) is 0 Å². The number of alkyl halides is 1. The molecule has 9 heteroatoms. The van der Waals surface area contributed by atoms with Crippen molar-refractivity contribution >= 4 is 33.6 Å². The van der Waals surface area contributed by atoms with Crippen molar-refractivity contribution in [3.8, 4) is 0 Å². The lowest BCUT2D eigenvalue weighted by atomic mass is 9.44. The monoisotopic (exact) mass is 644 g/mol. The minimum Gasteiger partial charge on any atom is -0.391 e. The Morgan fingerprint density at radius 2 is 1.90 bits per heavy atom. The van der Waals surface area contributed by atoms with Crippen molar-refractivity contribution in [1.29, 1.82) is 0 Å². The number of rotatable bonds is 2. The summed E-state index contributed by atoms with van der Waals surface area (Å²) in [6.07, 6.45) is 7.89. The van der Waals surface area contributed by atoms with Gasteiger partial charge in [0.25, 0.3) is 0 Å². The van der Waals surface area contributed by atoms with Gasteiger partial charge < -0.3 is 24.1 Å². The molecule has 3 heterocycles. The SMILES string of the molecule is C[C@H]1C[C@H]2[C@@H]3CCC4=Cc5nn(Cc6ccc(Br)cc6)cc5C[C@]4(C)[C@@]3(Cl)[C@@H](O)C[C@]2(C)[C@]12OCOC21COCO1. The van der Waals surface area contributed by atoms with Gasteiger partial charge in [-0.1, -0.05) is 54.4 Å². The number of halogens is 2. The summed E-state index contributed by atoms with van der Waals surface area (Å²) in [4.78, 5) is -0.794.